The third kappa shape index (κ3) is 36.2. The van der Waals surface area contributed by atoms with Crippen LogP contribution in [0.4, 0.5) is 0 Å². The van der Waals surface area contributed by atoms with Crippen LogP contribution >= 0.6 is 0 Å². The third-order valence-corrected chi connectivity index (χ3v) is 9.52. The van der Waals surface area contributed by atoms with Crippen LogP contribution in [0.3, 0.4) is 0 Å². The van der Waals surface area contributed by atoms with Gasteiger partial charge in [-0.05, 0) is 12.8 Å². The van der Waals surface area contributed by atoms with Gasteiger partial charge in [-0.25, -0.2) is 0 Å². The molecule has 0 saturated carbocycles. The minimum absolute atomic E-state index is 0.103. The highest BCUT2D eigenvalue weighted by Crippen LogP contribution is 2.19. The fourth-order valence-electron chi connectivity index (χ4n) is 6.56. The van der Waals surface area contributed by atoms with Gasteiger partial charge in [0.25, 0.3) is 0 Å². The molecule has 0 aliphatic carbocycles. The van der Waals surface area contributed by atoms with Crippen LogP contribution in [0.5, 0.6) is 0 Å². The van der Waals surface area contributed by atoms with Crippen LogP contribution in [-0.4, -0.2) is 29.2 Å². The van der Waals surface area contributed by atoms with Crippen LogP contribution in [0.1, 0.15) is 239 Å². The van der Waals surface area contributed by atoms with Gasteiger partial charge in [0.05, 0.1) is 12.7 Å². The number of rotatable bonds is 38. The quantitative estimate of drug-likeness (QED) is 0.0540. The van der Waals surface area contributed by atoms with Gasteiger partial charge < -0.3 is 14.9 Å². The summed E-state index contributed by atoms with van der Waals surface area (Å²) in [6.07, 6.45) is 47.1. The number of unbranched alkanes of at least 4 members (excludes halogenated alkanes) is 31. The van der Waals surface area contributed by atoms with Crippen LogP contribution in [0.25, 0.3) is 0 Å². The van der Waals surface area contributed by atoms with E-state index >= 15 is 0 Å². The topological polar surface area (TPSA) is 49.7 Å². The predicted molar refractivity (Wildman–Crippen MR) is 191 cm³/mol. The molecule has 0 rings (SSSR count). The van der Waals surface area contributed by atoms with Crippen LogP contribution in [0.2, 0.25) is 0 Å². The smallest absolute Gasteiger partial charge is 0.178 e. The first-order valence-electron chi connectivity index (χ1n) is 20.2. The number of aliphatic hydroxyl groups is 2. The van der Waals surface area contributed by atoms with Crippen molar-refractivity contribution < 1.29 is 14.9 Å². The molecule has 0 aliphatic heterocycles. The fraction of sp³-hybridized carbons (Fsp3) is 1.00. The van der Waals surface area contributed by atoms with Crippen molar-refractivity contribution in [2.24, 2.45) is 0 Å². The Balaban J connectivity index is 3.48. The molecular weight excluding hydrogens is 528 g/mol. The van der Waals surface area contributed by atoms with Crippen LogP contribution < -0.4 is 0 Å². The molecule has 0 aromatic rings. The van der Waals surface area contributed by atoms with Gasteiger partial charge in [0.2, 0.25) is 0 Å². The molecule has 3 heteroatoms. The molecule has 43 heavy (non-hydrogen) atoms. The second-order valence-electron chi connectivity index (χ2n) is 13.9. The average Bonchev–Trinajstić information content (AvgIpc) is 3.02. The van der Waals surface area contributed by atoms with E-state index in [-0.39, 0.29) is 12.7 Å². The summed E-state index contributed by atoms with van der Waals surface area (Å²) in [7, 11) is 0. The lowest BCUT2D eigenvalue weighted by molar-refractivity contribution is -0.159. The second-order valence-corrected chi connectivity index (χ2v) is 13.9. The zero-order valence-electron chi connectivity index (χ0n) is 29.9. The molecular formula is C40H82O3. The number of hydrogen-bond acceptors (Lipinski definition) is 3. The van der Waals surface area contributed by atoms with Crippen molar-refractivity contribution >= 4 is 0 Å². The highest BCUT2D eigenvalue weighted by atomic mass is 16.6. The van der Waals surface area contributed by atoms with E-state index in [0.717, 1.165) is 12.8 Å². The van der Waals surface area contributed by atoms with Gasteiger partial charge in [-0.2, -0.15) is 0 Å². The van der Waals surface area contributed by atoms with Gasteiger partial charge >= 0.3 is 0 Å². The van der Waals surface area contributed by atoms with Crippen molar-refractivity contribution in [3.63, 3.8) is 0 Å². The Bertz CT molecular complexity index is 482. The normalized spacial score (nSPS) is 13.1. The second kappa shape index (κ2) is 38.1. The van der Waals surface area contributed by atoms with E-state index in [1.54, 1.807) is 0 Å². The van der Waals surface area contributed by atoms with Gasteiger partial charge in [-0.3, -0.25) is 0 Å². The summed E-state index contributed by atoms with van der Waals surface area (Å²) >= 11 is 0. The Morgan fingerprint density at radius 3 is 0.767 bits per heavy atom. The van der Waals surface area contributed by atoms with Crippen LogP contribution in [0.15, 0.2) is 0 Å². The Hall–Kier alpha value is -0.120. The lowest BCUT2D eigenvalue weighted by atomic mass is 10.0. The number of hydrogen-bond donors (Lipinski definition) is 2. The van der Waals surface area contributed by atoms with Crippen LogP contribution in [-0.2, 0) is 4.74 Å². The Kier molecular flexibility index (Phi) is 38.0. The summed E-state index contributed by atoms with van der Waals surface area (Å²) < 4.78 is 5.74. The molecule has 2 atom stereocenters. The van der Waals surface area contributed by atoms with E-state index in [1.807, 2.05) is 0 Å². The minimum atomic E-state index is -1.02. The first-order valence-corrected chi connectivity index (χ1v) is 20.2. The van der Waals surface area contributed by atoms with Crippen molar-refractivity contribution in [1.29, 1.82) is 0 Å². The summed E-state index contributed by atoms with van der Waals surface area (Å²) in [6.45, 7) is 4.28. The minimum Gasteiger partial charge on any atom is -0.391 e. The standard InChI is InChI=1S/C40H82O3/c1-3-5-7-9-11-13-15-16-17-18-19-20-21-22-23-24-25-27-29-31-33-35-37-39(43-40(42)38-41)36-34-32-30-28-26-14-12-10-8-6-4-2/h39-42H,3-38H2,1-2H3. The molecule has 0 amide bonds. The zero-order chi connectivity index (χ0) is 31.3. The summed E-state index contributed by atoms with van der Waals surface area (Å²) in [5, 5.41) is 19.0. The molecule has 0 aromatic carbocycles. The van der Waals surface area contributed by atoms with Crippen LogP contribution in [0, 0.1) is 0 Å². The SMILES string of the molecule is CCCCCCCCCCCCCCCCCCCCCCCCC(CCCCCCCCCCCCC)OC(O)CO. The molecule has 0 spiro atoms. The van der Waals surface area contributed by atoms with Crippen molar-refractivity contribution in [2.45, 2.75) is 251 Å². The molecule has 2 N–H and O–H groups in total. The van der Waals surface area contributed by atoms with Gasteiger partial charge in [0.15, 0.2) is 6.29 Å². The molecule has 0 aromatic heterocycles. The molecule has 0 saturated heterocycles. The van der Waals surface area contributed by atoms with E-state index in [9.17, 15) is 10.2 Å². The first-order chi connectivity index (χ1) is 21.2. The largest absolute Gasteiger partial charge is 0.391 e. The lowest BCUT2D eigenvalue weighted by Gasteiger charge is -2.20. The van der Waals surface area contributed by atoms with Crippen molar-refractivity contribution in [2.75, 3.05) is 6.61 Å². The maximum Gasteiger partial charge on any atom is 0.178 e. The Morgan fingerprint density at radius 1 is 0.349 bits per heavy atom. The molecule has 0 radical (unpaired) electrons. The van der Waals surface area contributed by atoms with Gasteiger partial charge in [0.1, 0.15) is 0 Å². The first kappa shape index (κ1) is 42.9. The average molecular weight is 611 g/mol. The fourth-order valence-corrected chi connectivity index (χ4v) is 6.56. The highest BCUT2D eigenvalue weighted by molar-refractivity contribution is 4.62. The highest BCUT2D eigenvalue weighted by Gasteiger charge is 2.13. The molecule has 0 bridgehead atoms. The maximum atomic E-state index is 9.81. The van der Waals surface area contributed by atoms with Gasteiger partial charge in [-0.15, -0.1) is 0 Å². The van der Waals surface area contributed by atoms with E-state index in [1.165, 1.54) is 212 Å². The van der Waals surface area contributed by atoms with Crippen molar-refractivity contribution in [1.82, 2.24) is 0 Å². The summed E-state index contributed by atoms with van der Waals surface area (Å²) in [6, 6.07) is 0. The summed E-state index contributed by atoms with van der Waals surface area (Å²) in [5.41, 5.74) is 0. The summed E-state index contributed by atoms with van der Waals surface area (Å²) in [4.78, 5) is 0. The maximum absolute atomic E-state index is 9.81. The van der Waals surface area contributed by atoms with Crippen molar-refractivity contribution in [3.05, 3.63) is 0 Å². The van der Waals surface area contributed by atoms with E-state index in [0.29, 0.717) is 0 Å². The Morgan fingerprint density at radius 2 is 0.558 bits per heavy atom. The van der Waals surface area contributed by atoms with E-state index in [4.69, 9.17) is 4.74 Å². The number of ether oxygens (including phenoxy) is 1. The lowest BCUT2D eigenvalue weighted by Crippen LogP contribution is -2.25. The summed E-state index contributed by atoms with van der Waals surface area (Å²) in [5.74, 6) is 0. The third-order valence-electron chi connectivity index (χ3n) is 9.52. The van der Waals surface area contributed by atoms with Gasteiger partial charge in [-0.1, -0.05) is 226 Å². The molecule has 2 unspecified atom stereocenters. The molecule has 3 nitrogen and oxygen atoms in total. The molecule has 0 heterocycles. The molecule has 0 aliphatic rings. The zero-order valence-corrected chi connectivity index (χ0v) is 29.9. The monoisotopic (exact) mass is 611 g/mol. The van der Waals surface area contributed by atoms with Crippen molar-refractivity contribution in [3.8, 4) is 0 Å². The molecule has 0 fully saturated rings. The van der Waals surface area contributed by atoms with E-state index in [2.05, 4.69) is 13.8 Å². The predicted octanol–water partition coefficient (Wildman–Crippen LogP) is 13.4. The number of aliphatic hydroxyl groups excluding tert-OH is 2. The van der Waals surface area contributed by atoms with E-state index < -0.39 is 6.29 Å². The molecule has 260 valence electrons. The Labute approximate surface area is 272 Å². The van der Waals surface area contributed by atoms with Gasteiger partial charge in [0, 0.05) is 0 Å².